The molecule has 1 heterocycles. The predicted molar refractivity (Wildman–Crippen MR) is 63.1 cm³/mol. The molecule has 0 aliphatic carbocycles. The fourth-order valence-corrected chi connectivity index (χ4v) is 1.64. The monoisotopic (exact) mass is 297 g/mol. The van der Waals surface area contributed by atoms with Gasteiger partial charge in [-0.1, -0.05) is 6.07 Å². The molecule has 0 saturated carbocycles. The number of hydrogen-bond donors (Lipinski definition) is 0. The van der Waals surface area contributed by atoms with Crippen molar-refractivity contribution in [1.29, 1.82) is 0 Å². The van der Waals surface area contributed by atoms with Crippen molar-refractivity contribution in [3.05, 3.63) is 46.2 Å². The van der Waals surface area contributed by atoms with Crippen LogP contribution < -0.4 is 0 Å². The summed E-state index contributed by atoms with van der Waals surface area (Å²) in [6, 6.07) is 4.30. The van der Waals surface area contributed by atoms with E-state index in [9.17, 15) is 9.18 Å². The van der Waals surface area contributed by atoms with E-state index < -0.39 is 5.82 Å². The number of aromatic nitrogens is 3. The van der Waals surface area contributed by atoms with Gasteiger partial charge in [0.2, 0.25) is 0 Å². The predicted octanol–water partition coefficient (Wildman–Crippen LogP) is 2.14. The van der Waals surface area contributed by atoms with Gasteiger partial charge in [0.15, 0.2) is 5.78 Å². The molecule has 0 aliphatic heterocycles. The molecule has 0 radical (unpaired) electrons. The number of aryl methyl sites for hydroxylation is 1. The van der Waals surface area contributed by atoms with Gasteiger partial charge in [0.25, 0.3) is 0 Å². The molecule has 6 heteroatoms. The van der Waals surface area contributed by atoms with Gasteiger partial charge >= 0.3 is 0 Å². The molecule has 88 valence electrons. The van der Waals surface area contributed by atoms with Gasteiger partial charge in [0, 0.05) is 12.6 Å². The number of carbonyl (C=O) groups is 1. The van der Waals surface area contributed by atoms with Gasteiger partial charge in [0.1, 0.15) is 18.0 Å². The van der Waals surface area contributed by atoms with Crippen LogP contribution in [0.5, 0.6) is 0 Å². The van der Waals surface area contributed by atoms with E-state index >= 15 is 0 Å². The lowest BCUT2D eigenvalue weighted by Crippen LogP contribution is -2.09. The minimum absolute atomic E-state index is 0.109. The van der Waals surface area contributed by atoms with Crippen molar-refractivity contribution in [3.8, 4) is 0 Å². The molecule has 0 atom stereocenters. The highest BCUT2D eigenvalue weighted by Gasteiger charge is 2.12. The molecule has 2 rings (SSSR count). The third-order valence-corrected chi connectivity index (χ3v) is 3.01. The molecule has 0 bridgehead atoms. The highest BCUT2D eigenvalue weighted by molar-refractivity contribution is 9.10. The lowest BCUT2D eigenvalue weighted by atomic mass is 10.1. The normalized spacial score (nSPS) is 10.5. The molecule has 4 nitrogen and oxygen atoms in total. The second-order valence-corrected chi connectivity index (χ2v) is 4.38. The molecular weight excluding hydrogens is 289 g/mol. The summed E-state index contributed by atoms with van der Waals surface area (Å²) in [7, 11) is 1.71. The van der Waals surface area contributed by atoms with Crippen LogP contribution in [0.3, 0.4) is 0 Å². The molecular formula is C11H9BrFN3O. The molecule has 17 heavy (non-hydrogen) atoms. The smallest absolute Gasteiger partial charge is 0.170 e. The van der Waals surface area contributed by atoms with Gasteiger partial charge in [-0.05, 0) is 28.1 Å². The Hall–Kier alpha value is -1.56. The van der Waals surface area contributed by atoms with Crippen LogP contribution in [-0.4, -0.2) is 20.5 Å². The standard InChI is InChI=1S/C11H9BrFN3O/c1-16-11(14-6-15-16)5-10(17)7-2-3-8(12)9(13)4-7/h2-4,6H,5H2,1H3. The zero-order valence-corrected chi connectivity index (χ0v) is 10.6. The number of nitrogens with zero attached hydrogens (tertiary/aromatic N) is 3. The summed E-state index contributed by atoms with van der Waals surface area (Å²) >= 11 is 3.04. The van der Waals surface area contributed by atoms with E-state index in [4.69, 9.17) is 0 Å². The molecule has 0 unspecified atom stereocenters. The maximum Gasteiger partial charge on any atom is 0.170 e. The van der Waals surface area contributed by atoms with E-state index in [0.29, 0.717) is 15.9 Å². The van der Waals surface area contributed by atoms with Gasteiger partial charge in [-0.2, -0.15) is 5.10 Å². The summed E-state index contributed by atoms with van der Waals surface area (Å²) in [5, 5.41) is 3.87. The van der Waals surface area contributed by atoms with Crippen molar-refractivity contribution < 1.29 is 9.18 Å². The molecule has 0 amide bonds. The second kappa shape index (κ2) is 4.75. The fourth-order valence-electron chi connectivity index (χ4n) is 1.40. The summed E-state index contributed by atoms with van der Waals surface area (Å²) in [6.45, 7) is 0. The highest BCUT2D eigenvalue weighted by atomic mass is 79.9. The first-order chi connectivity index (χ1) is 8.08. The fraction of sp³-hybridized carbons (Fsp3) is 0.182. The molecule has 0 spiro atoms. The quantitative estimate of drug-likeness (QED) is 0.816. The van der Waals surface area contributed by atoms with Gasteiger partial charge in [-0.15, -0.1) is 0 Å². The molecule has 0 aliphatic rings. The van der Waals surface area contributed by atoms with Crippen LogP contribution in [0, 0.1) is 5.82 Å². The van der Waals surface area contributed by atoms with Crippen molar-refractivity contribution in [1.82, 2.24) is 14.8 Å². The van der Waals surface area contributed by atoms with Gasteiger partial charge < -0.3 is 0 Å². The molecule has 1 aromatic heterocycles. The van der Waals surface area contributed by atoms with Gasteiger partial charge in [0.05, 0.1) is 10.9 Å². The SMILES string of the molecule is Cn1ncnc1CC(=O)c1ccc(Br)c(F)c1. The topological polar surface area (TPSA) is 47.8 Å². The summed E-state index contributed by atoms with van der Waals surface area (Å²) < 4.78 is 15.1. The zero-order chi connectivity index (χ0) is 12.4. The first-order valence-electron chi connectivity index (χ1n) is 4.89. The van der Waals surface area contributed by atoms with Crippen LogP contribution >= 0.6 is 15.9 Å². The number of benzene rings is 1. The Morgan fingerprint density at radius 2 is 2.29 bits per heavy atom. The lowest BCUT2D eigenvalue weighted by Gasteiger charge is -2.02. The van der Waals surface area contributed by atoms with Crippen molar-refractivity contribution in [2.24, 2.45) is 7.05 Å². The van der Waals surface area contributed by atoms with Gasteiger partial charge in [-0.3, -0.25) is 9.48 Å². The second-order valence-electron chi connectivity index (χ2n) is 3.53. The van der Waals surface area contributed by atoms with Crippen LogP contribution in [0.4, 0.5) is 4.39 Å². The lowest BCUT2D eigenvalue weighted by molar-refractivity contribution is 0.0989. The number of halogens is 2. The van der Waals surface area contributed by atoms with Crippen molar-refractivity contribution in [2.75, 3.05) is 0 Å². The maximum atomic E-state index is 13.3. The number of hydrogen-bond acceptors (Lipinski definition) is 3. The zero-order valence-electron chi connectivity index (χ0n) is 9.02. The maximum absolute atomic E-state index is 13.3. The summed E-state index contributed by atoms with van der Waals surface area (Å²) in [4.78, 5) is 15.8. The molecule has 0 saturated heterocycles. The van der Waals surface area contributed by atoms with Gasteiger partial charge in [-0.25, -0.2) is 9.37 Å². The van der Waals surface area contributed by atoms with E-state index in [1.807, 2.05) is 0 Å². The average molecular weight is 298 g/mol. The van der Waals surface area contributed by atoms with Crippen LogP contribution in [0.25, 0.3) is 0 Å². The summed E-state index contributed by atoms with van der Waals surface area (Å²) in [6.07, 6.45) is 1.49. The van der Waals surface area contributed by atoms with E-state index in [0.717, 1.165) is 0 Å². The molecule has 0 N–H and O–H groups in total. The minimum Gasteiger partial charge on any atom is -0.294 e. The molecule has 2 aromatic rings. The number of rotatable bonds is 3. The number of ketones is 1. The third kappa shape index (κ3) is 2.58. The Morgan fingerprint density at radius 3 is 2.88 bits per heavy atom. The number of Topliss-reactive ketones (excluding diaryl/α,β-unsaturated/α-hetero) is 1. The minimum atomic E-state index is -0.450. The van der Waals surface area contributed by atoms with E-state index in [2.05, 4.69) is 26.0 Å². The first-order valence-corrected chi connectivity index (χ1v) is 5.68. The van der Waals surface area contributed by atoms with E-state index in [1.165, 1.54) is 23.1 Å². The first kappa shape index (κ1) is 11.9. The van der Waals surface area contributed by atoms with E-state index in [1.54, 1.807) is 13.1 Å². The Labute approximate surface area is 106 Å². The van der Waals surface area contributed by atoms with Crippen LogP contribution in [0.1, 0.15) is 16.2 Å². The Morgan fingerprint density at radius 1 is 1.53 bits per heavy atom. The van der Waals surface area contributed by atoms with Crippen LogP contribution in [-0.2, 0) is 13.5 Å². The molecule has 0 fully saturated rings. The summed E-state index contributed by atoms with van der Waals surface area (Å²) in [5.41, 5.74) is 0.328. The Kier molecular flexibility index (Phi) is 3.33. The van der Waals surface area contributed by atoms with Crippen molar-refractivity contribution in [3.63, 3.8) is 0 Å². The summed E-state index contributed by atoms with van der Waals surface area (Å²) in [5.74, 6) is -0.0837. The average Bonchev–Trinajstić information content (AvgIpc) is 2.68. The Balaban J connectivity index is 2.20. The van der Waals surface area contributed by atoms with Crippen LogP contribution in [0.15, 0.2) is 29.0 Å². The van der Waals surface area contributed by atoms with Crippen LogP contribution in [0.2, 0.25) is 0 Å². The largest absolute Gasteiger partial charge is 0.294 e. The third-order valence-electron chi connectivity index (χ3n) is 2.37. The Bertz CT molecular complexity index is 568. The highest BCUT2D eigenvalue weighted by Crippen LogP contribution is 2.17. The van der Waals surface area contributed by atoms with E-state index in [-0.39, 0.29) is 12.2 Å². The van der Waals surface area contributed by atoms with Crippen molar-refractivity contribution >= 4 is 21.7 Å². The number of carbonyl (C=O) groups excluding carboxylic acids is 1. The van der Waals surface area contributed by atoms with Crippen molar-refractivity contribution in [2.45, 2.75) is 6.42 Å². The molecule has 1 aromatic carbocycles.